The van der Waals surface area contributed by atoms with Crippen LogP contribution in [0, 0.1) is 13.8 Å². The van der Waals surface area contributed by atoms with Crippen LogP contribution in [0.1, 0.15) is 22.3 Å². The zero-order valence-electron chi connectivity index (χ0n) is 14.9. The molecule has 0 heterocycles. The molecule has 132 valence electrons. The summed E-state index contributed by atoms with van der Waals surface area (Å²) in [5.41, 5.74) is 8.23. The molecule has 3 aromatic carbocycles. The molecule has 0 radical (unpaired) electrons. The minimum atomic E-state index is 0.543. The fraction of sp³-hybridized carbons (Fsp3) is 0.136. The minimum Gasteiger partial charge on any atom is -0.489 e. The number of halogens is 1. The van der Waals surface area contributed by atoms with Gasteiger partial charge in [-0.3, -0.25) is 5.43 Å². The molecule has 4 heteroatoms. The van der Waals surface area contributed by atoms with Gasteiger partial charge in [-0.2, -0.15) is 5.10 Å². The molecule has 1 N–H and O–H groups in total. The summed E-state index contributed by atoms with van der Waals surface area (Å²) in [7, 11) is 0. The number of aryl methyl sites for hydroxylation is 2. The van der Waals surface area contributed by atoms with E-state index in [9.17, 15) is 0 Å². The van der Waals surface area contributed by atoms with E-state index in [0.29, 0.717) is 6.61 Å². The van der Waals surface area contributed by atoms with Crippen LogP contribution in [0.15, 0.2) is 71.8 Å². The van der Waals surface area contributed by atoms with E-state index >= 15 is 0 Å². The first kappa shape index (κ1) is 18.0. The standard InChI is InChI=1S/C22H21ClN2O/c1-16-6-9-18(10-7-16)15-26-21-5-3-4-19(12-21)14-24-25-20-11-8-17(2)22(23)13-20/h3-14,25H,15H2,1-2H3. The van der Waals surface area contributed by atoms with Crippen LogP contribution in [0.3, 0.4) is 0 Å². The fourth-order valence-corrected chi connectivity index (χ4v) is 2.56. The maximum absolute atomic E-state index is 6.12. The maximum Gasteiger partial charge on any atom is 0.120 e. The highest BCUT2D eigenvalue weighted by Gasteiger charge is 1.99. The summed E-state index contributed by atoms with van der Waals surface area (Å²) >= 11 is 6.12. The molecule has 0 saturated carbocycles. The third-order valence-corrected chi connectivity index (χ3v) is 4.37. The normalized spacial score (nSPS) is 10.9. The topological polar surface area (TPSA) is 33.6 Å². The first-order valence-electron chi connectivity index (χ1n) is 8.44. The molecule has 0 aliphatic rings. The SMILES string of the molecule is Cc1ccc(COc2cccc(C=NNc3ccc(C)c(Cl)c3)c2)cc1. The Morgan fingerprint density at radius 1 is 1.00 bits per heavy atom. The molecule has 0 spiro atoms. The van der Waals surface area contributed by atoms with Gasteiger partial charge in [-0.05, 0) is 54.8 Å². The van der Waals surface area contributed by atoms with E-state index in [4.69, 9.17) is 16.3 Å². The molecule has 3 rings (SSSR count). The van der Waals surface area contributed by atoms with Gasteiger partial charge in [0.25, 0.3) is 0 Å². The van der Waals surface area contributed by atoms with Gasteiger partial charge in [0, 0.05) is 5.02 Å². The Hall–Kier alpha value is -2.78. The largest absolute Gasteiger partial charge is 0.489 e. The maximum atomic E-state index is 6.12. The van der Waals surface area contributed by atoms with Crippen LogP contribution < -0.4 is 10.2 Å². The van der Waals surface area contributed by atoms with Crippen molar-refractivity contribution in [2.24, 2.45) is 5.10 Å². The number of nitrogens with one attached hydrogen (secondary N) is 1. The van der Waals surface area contributed by atoms with E-state index < -0.39 is 0 Å². The molecule has 0 amide bonds. The van der Waals surface area contributed by atoms with E-state index in [1.807, 2.05) is 49.4 Å². The summed E-state index contributed by atoms with van der Waals surface area (Å²) in [5.74, 6) is 0.813. The summed E-state index contributed by atoms with van der Waals surface area (Å²) in [4.78, 5) is 0. The highest BCUT2D eigenvalue weighted by molar-refractivity contribution is 6.31. The fourth-order valence-electron chi connectivity index (χ4n) is 2.38. The molecule has 0 atom stereocenters. The molecule has 0 fully saturated rings. The summed E-state index contributed by atoms with van der Waals surface area (Å²) in [5, 5.41) is 4.98. The lowest BCUT2D eigenvalue weighted by atomic mass is 10.2. The summed E-state index contributed by atoms with van der Waals surface area (Å²) < 4.78 is 5.87. The van der Waals surface area contributed by atoms with Crippen molar-refractivity contribution in [1.29, 1.82) is 0 Å². The van der Waals surface area contributed by atoms with Crippen molar-refractivity contribution in [1.82, 2.24) is 0 Å². The number of anilines is 1. The van der Waals surface area contributed by atoms with Gasteiger partial charge < -0.3 is 4.74 Å². The van der Waals surface area contributed by atoms with Crippen LogP contribution in [0.25, 0.3) is 0 Å². The molecule has 0 unspecified atom stereocenters. The van der Waals surface area contributed by atoms with Gasteiger partial charge in [0.1, 0.15) is 12.4 Å². The molecular weight excluding hydrogens is 344 g/mol. The number of ether oxygens (including phenoxy) is 1. The molecule has 0 saturated heterocycles. The average Bonchev–Trinajstić information content (AvgIpc) is 2.65. The summed E-state index contributed by atoms with van der Waals surface area (Å²) in [6, 6.07) is 21.9. The number of hydrazone groups is 1. The Morgan fingerprint density at radius 3 is 2.58 bits per heavy atom. The Morgan fingerprint density at radius 2 is 1.81 bits per heavy atom. The average molecular weight is 365 g/mol. The van der Waals surface area contributed by atoms with E-state index in [1.54, 1.807) is 6.21 Å². The van der Waals surface area contributed by atoms with E-state index in [2.05, 4.69) is 41.7 Å². The minimum absolute atomic E-state index is 0.543. The highest BCUT2D eigenvalue weighted by atomic mass is 35.5. The van der Waals surface area contributed by atoms with Crippen LogP contribution in [0.2, 0.25) is 5.02 Å². The lowest BCUT2D eigenvalue weighted by Crippen LogP contribution is -1.96. The summed E-state index contributed by atoms with van der Waals surface area (Å²) in [6.07, 6.45) is 1.76. The molecule has 0 aliphatic carbocycles. The predicted molar refractivity (Wildman–Crippen MR) is 109 cm³/mol. The zero-order chi connectivity index (χ0) is 18.4. The number of hydrogen-bond acceptors (Lipinski definition) is 3. The molecule has 0 aliphatic heterocycles. The first-order chi connectivity index (χ1) is 12.6. The Kier molecular flexibility index (Phi) is 5.92. The quantitative estimate of drug-likeness (QED) is 0.431. The van der Waals surface area contributed by atoms with Crippen LogP contribution in [-0.4, -0.2) is 6.21 Å². The van der Waals surface area contributed by atoms with Crippen molar-refractivity contribution in [3.8, 4) is 5.75 Å². The van der Waals surface area contributed by atoms with Crippen molar-refractivity contribution >= 4 is 23.5 Å². The lowest BCUT2D eigenvalue weighted by molar-refractivity contribution is 0.306. The van der Waals surface area contributed by atoms with Crippen molar-refractivity contribution < 1.29 is 4.74 Å². The van der Waals surface area contributed by atoms with Crippen LogP contribution in [0.5, 0.6) is 5.75 Å². The molecule has 26 heavy (non-hydrogen) atoms. The van der Waals surface area contributed by atoms with Gasteiger partial charge in [0.05, 0.1) is 11.9 Å². The summed E-state index contributed by atoms with van der Waals surface area (Å²) in [6.45, 7) is 4.59. The third kappa shape index (κ3) is 5.11. The highest BCUT2D eigenvalue weighted by Crippen LogP contribution is 2.20. The van der Waals surface area contributed by atoms with E-state index in [1.165, 1.54) is 5.56 Å². The number of nitrogens with zero attached hydrogens (tertiary/aromatic N) is 1. The van der Waals surface area contributed by atoms with Crippen molar-refractivity contribution in [2.75, 3.05) is 5.43 Å². The molecule has 0 aromatic heterocycles. The van der Waals surface area contributed by atoms with E-state index in [0.717, 1.165) is 33.1 Å². The van der Waals surface area contributed by atoms with Gasteiger partial charge in [-0.25, -0.2) is 0 Å². The van der Waals surface area contributed by atoms with Gasteiger partial charge in [0.15, 0.2) is 0 Å². The van der Waals surface area contributed by atoms with Crippen LogP contribution in [-0.2, 0) is 6.61 Å². The molecule has 0 bridgehead atoms. The van der Waals surface area contributed by atoms with Crippen LogP contribution in [0.4, 0.5) is 5.69 Å². The Balaban J connectivity index is 1.59. The van der Waals surface area contributed by atoms with Gasteiger partial charge in [0.2, 0.25) is 0 Å². The molecule has 3 aromatic rings. The zero-order valence-corrected chi connectivity index (χ0v) is 15.6. The van der Waals surface area contributed by atoms with Crippen molar-refractivity contribution in [3.05, 3.63) is 94.0 Å². The number of rotatable bonds is 6. The number of hydrogen-bond donors (Lipinski definition) is 1. The van der Waals surface area contributed by atoms with Gasteiger partial charge >= 0.3 is 0 Å². The molecule has 3 nitrogen and oxygen atoms in total. The Labute approximate surface area is 159 Å². The third-order valence-electron chi connectivity index (χ3n) is 3.96. The first-order valence-corrected chi connectivity index (χ1v) is 8.81. The van der Waals surface area contributed by atoms with Crippen LogP contribution >= 0.6 is 11.6 Å². The second kappa shape index (κ2) is 8.54. The van der Waals surface area contributed by atoms with E-state index in [-0.39, 0.29) is 0 Å². The Bertz CT molecular complexity index is 904. The van der Waals surface area contributed by atoms with Gasteiger partial charge in [-0.1, -0.05) is 59.6 Å². The smallest absolute Gasteiger partial charge is 0.120 e. The van der Waals surface area contributed by atoms with Crippen molar-refractivity contribution in [3.63, 3.8) is 0 Å². The predicted octanol–water partition coefficient (Wildman–Crippen LogP) is 5.98. The second-order valence-corrected chi connectivity index (χ2v) is 6.59. The number of benzene rings is 3. The van der Waals surface area contributed by atoms with Gasteiger partial charge in [-0.15, -0.1) is 0 Å². The second-order valence-electron chi connectivity index (χ2n) is 6.18. The lowest BCUT2D eigenvalue weighted by Gasteiger charge is -2.07. The monoisotopic (exact) mass is 364 g/mol. The van der Waals surface area contributed by atoms with Crippen molar-refractivity contribution in [2.45, 2.75) is 20.5 Å². The molecular formula is C22H21ClN2O.